The number of hydrogen-bond donors (Lipinski definition) is 0. The van der Waals surface area contributed by atoms with Crippen LogP contribution in [0.4, 0.5) is 4.79 Å². The maximum atomic E-state index is 12.3. The number of amides is 2. The van der Waals surface area contributed by atoms with Crippen molar-refractivity contribution in [1.29, 1.82) is 0 Å². The van der Waals surface area contributed by atoms with Gasteiger partial charge < -0.3 is 14.4 Å². The third-order valence-corrected chi connectivity index (χ3v) is 2.70. The van der Waals surface area contributed by atoms with Crippen molar-refractivity contribution in [2.24, 2.45) is 0 Å². The van der Waals surface area contributed by atoms with Crippen molar-refractivity contribution >= 4 is 18.0 Å². The van der Waals surface area contributed by atoms with Crippen LogP contribution in [-0.4, -0.2) is 60.6 Å². The van der Waals surface area contributed by atoms with Crippen LogP contribution >= 0.6 is 0 Å². The van der Waals surface area contributed by atoms with Crippen LogP contribution in [-0.2, 0) is 19.1 Å². The van der Waals surface area contributed by atoms with E-state index in [2.05, 4.69) is 4.74 Å². The van der Waals surface area contributed by atoms with E-state index >= 15 is 0 Å². The normalized spacial score (nSPS) is 20.7. The number of likely N-dealkylation sites (tertiary alicyclic amines) is 1. The molecule has 1 aliphatic rings. The average molecular weight is 298 g/mol. The van der Waals surface area contributed by atoms with Gasteiger partial charge in [-0.15, -0.1) is 0 Å². The van der Waals surface area contributed by atoms with E-state index in [-0.39, 0.29) is 6.42 Å². The van der Waals surface area contributed by atoms with E-state index in [1.165, 1.54) is 7.11 Å². The van der Waals surface area contributed by atoms with Crippen LogP contribution in [0.25, 0.3) is 0 Å². The first-order valence-corrected chi connectivity index (χ1v) is 6.58. The van der Waals surface area contributed by atoms with E-state index in [0.29, 0.717) is 5.57 Å². The van der Waals surface area contributed by atoms with Crippen molar-refractivity contribution in [1.82, 2.24) is 9.80 Å². The number of ether oxygens (including phenoxy) is 2. The zero-order valence-corrected chi connectivity index (χ0v) is 13.3. The molecule has 2 amide bonds. The predicted octanol–water partition coefficient (Wildman–Crippen LogP) is 1.14. The molecule has 1 fully saturated rings. The van der Waals surface area contributed by atoms with Crippen LogP contribution in [0.3, 0.4) is 0 Å². The molecule has 1 saturated heterocycles. The Kier molecular flexibility index (Phi) is 4.98. The van der Waals surface area contributed by atoms with Crippen LogP contribution in [0, 0.1) is 0 Å². The van der Waals surface area contributed by atoms with Gasteiger partial charge in [-0.25, -0.2) is 14.5 Å². The van der Waals surface area contributed by atoms with Gasteiger partial charge in [-0.3, -0.25) is 4.79 Å². The van der Waals surface area contributed by atoms with Crippen molar-refractivity contribution in [2.45, 2.75) is 38.8 Å². The summed E-state index contributed by atoms with van der Waals surface area (Å²) in [5, 5.41) is 0. The summed E-state index contributed by atoms with van der Waals surface area (Å²) in [6.45, 7) is 5.07. The topological polar surface area (TPSA) is 76.2 Å². The molecule has 1 aliphatic heterocycles. The molecule has 1 heterocycles. The fraction of sp³-hybridized carbons (Fsp3) is 0.643. The van der Waals surface area contributed by atoms with E-state index in [9.17, 15) is 14.4 Å². The highest BCUT2D eigenvalue weighted by molar-refractivity contribution is 6.08. The lowest BCUT2D eigenvalue weighted by atomic mass is 10.1. The molecule has 1 atom stereocenters. The third-order valence-electron chi connectivity index (χ3n) is 2.70. The van der Waals surface area contributed by atoms with Gasteiger partial charge in [-0.05, 0) is 20.8 Å². The zero-order chi connectivity index (χ0) is 16.4. The number of esters is 1. The zero-order valence-electron chi connectivity index (χ0n) is 13.3. The molecule has 0 radical (unpaired) electrons. The smallest absolute Gasteiger partial charge is 0.418 e. The summed E-state index contributed by atoms with van der Waals surface area (Å²) in [7, 11) is 4.72. The number of hydrogen-bond acceptors (Lipinski definition) is 6. The second-order valence-electron chi connectivity index (χ2n) is 6.02. The van der Waals surface area contributed by atoms with Crippen LogP contribution in [0.5, 0.6) is 0 Å². The molecular formula is C14H22N2O5. The van der Waals surface area contributed by atoms with E-state index in [1.807, 2.05) is 0 Å². The van der Waals surface area contributed by atoms with E-state index in [0.717, 1.165) is 4.90 Å². The molecule has 0 unspecified atom stereocenters. The maximum Gasteiger partial charge on any atom is 0.418 e. The van der Waals surface area contributed by atoms with Crippen molar-refractivity contribution < 1.29 is 23.9 Å². The van der Waals surface area contributed by atoms with E-state index < -0.39 is 29.6 Å². The van der Waals surface area contributed by atoms with Crippen LogP contribution in [0.15, 0.2) is 11.8 Å². The first kappa shape index (κ1) is 17.0. The third kappa shape index (κ3) is 4.21. The molecule has 0 aromatic rings. The Morgan fingerprint density at radius 2 is 1.90 bits per heavy atom. The van der Waals surface area contributed by atoms with Crippen LogP contribution in [0.1, 0.15) is 27.2 Å². The van der Waals surface area contributed by atoms with Gasteiger partial charge in [0, 0.05) is 32.3 Å². The largest absolute Gasteiger partial charge is 0.467 e. The van der Waals surface area contributed by atoms with Crippen LogP contribution in [0.2, 0.25) is 0 Å². The summed E-state index contributed by atoms with van der Waals surface area (Å²) in [4.78, 5) is 38.8. The van der Waals surface area contributed by atoms with Gasteiger partial charge in [0.1, 0.15) is 11.6 Å². The van der Waals surface area contributed by atoms with Gasteiger partial charge in [0.2, 0.25) is 0 Å². The number of carbonyl (C=O) groups excluding carboxylic acids is 3. The van der Waals surface area contributed by atoms with Crippen molar-refractivity contribution in [3.8, 4) is 0 Å². The molecule has 0 aromatic carbocycles. The number of carbonyl (C=O) groups is 3. The number of nitrogens with zero attached hydrogens (tertiary/aromatic N) is 2. The van der Waals surface area contributed by atoms with Gasteiger partial charge in [-0.1, -0.05) is 0 Å². The molecule has 0 bridgehead atoms. The Bertz CT molecular complexity index is 476. The van der Waals surface area contributed by atoms with Crippen molar-refractivity contribution in [2.75, 3.05) is 21.2 Å². The summed E-state index contributed by atoms with van der Waals surface area (Å²) < 4.78 is 9.85. The Morgan fingerprint density at radius 3 is 2.33 bits per heavy atom. The molecule has 0 spiro atoms. The highest BCUT2D eigenvalue weighted by Gasteiger charge is 2.46. The molecule has 0 N–H and O–H groups in total. The average Bonchev–Trinajstić information content (AvgIpc) is 2.63. The summed E-state index contributed by atoms with van der Waals surface area (Å²) in [6.07, 6.45) is 0.857. The lowest BCUT2D eigenvalue weighted by Crippen LogP contribution is -2.45. The van der Waals surface area contributed by atoms with Gasteiger partial charge in [-0.2, -0.15) is 0 Å². The molecule has 0 aromatic heterocycles. The summed E-state index contributed by atoms with van der Waals surface area (Å²) in [5.74, 6) is -1.18. The Balaban J connectivity index is 3.09. The summed E-state index contributed by atoms with van der Waals surface area (Å²) in [6, 6.07) is -0.983. The van der Waals surface area contributed by atoms with Gasteiger partial charge in [0.15, 0.2) is 0 Å². The molecule has 7 nitrogen and oxygen atoms in total. The first-order valence-electron chi connectivity index (χ1n) is 6.58. The fourth-order valence-electron chi connectivity index (χ4n) is 1.95. The second kappa shape index (κ2) is 6.15. The molecular weight excluding hydrogens is 276 g/mol. The molecule has 21 heavy (non-hydrogen) atoms. The van der Waals surface area contributed by atoms with E-state index in [4.69, 9.17) is 4.74 Å². The minimum Gasteiger partial charge on any atom is -0.467 e. The Labute approximate surface area is 124 Å². The number of rotatable bonds is 2. The minimum absolute atomic E-state index is 0.114. The number of imide groups is 1. The van der Waals surface area contributed by atoms with Crippen molar-refractivity contribution in [3.05, 3.63) is 11.8 Å². The van der Waals surface area contributed by atoms with Gasteiger partial charge >= 0.3 is 12.1 Å². The van der Waals surface area contributed by atoms with Gasteiger partial charge in [0.05, 0.1) is 7.11 Å². The highest BCUT2D eigenvalue weighted by atomic mass is 16.6. The monoisotopic (exact) mass is 298 g/mol. The maximum absolute atomic E-state index is 12.3. The second-order valence-corrected chi connectivity index (χ2v) is 6.02. The van der Waals surface area contributed by atoms with Crippen molar-refractivity contribution in [3.63, 3.8) is 0 Å². The molecule has 118 valence electrons. The molecule has 7 heteroatoms. The van der Waals surface area contributed by atoms with E-state index in [1.54, 1.807) is 46.0 Å². The summed E-state index contributed by atoms with van der Waals surface area (Å²) >= 11 is 0. The Morgan fingerprint density at radius 1 is 1.33 bits per heavy atom. The molecule has 1 rings (SSSR count). The number of methoxy groups -OCH3 is 1. The molecule has 0 aliphatic carbocycles. The predicted molar refractivity (Wildman–Crippen MR) is 75.3 cm³/mol. The minimum atomic E-state index is -0.983. The Hall–Kier alpha value is -2.05. The SMILES string of the molecule is COC(=O)[C@H]1C/C(=C\N(C)C)C(=O)N1C(=O)OC(C)(C)C. The lowest BCUT2D eigenvalue weighted by molar-refractivity contribution is -0.148. The van der Waals surface area contributed by atoms with Gasteiger partial charge in [0.25, 0.3) is 5.91 Å². The molecule has 0 saturated carbocycles. The quantitative estimate of drug-likeness (QED) is 0.562. The summed E-state index contributed by atoms with van der Waals surface area (Å²) in [5.41, 5.74) is -0.396. The standard InChI is InChI=1S/C14H22N2O5/c1-14(2,3)21-13(19)16-10(12(18)20-6)7-9(11(16)17)8-15(4)5/h8,10H,7H2,1-6H3/b9-8+/t10-/m1/s1. The first-order chi connectivity index (χ1) is 9.56. The highest BCUT2D eigenvalue weighted by Crippen LogP contribution is 2.27. The fourth-order valence-corrected chi connectivity index (χ4v) is 1.95. The van der Waals surface area contributed by atoms with Crippen LogP contribution < -0.4 is 0 Å². The lowest BCUT2D eigenvalue weighted by Gasteiger charge is -2.25.